The molecule has 0 aromatic carbocycles. The molecule has 1 atom stereocenters. The molecule has 0 spiro atoms. The predicted molar refractivity (Wildman–Crippen MR) is 55.7 cm³/mol. The van der Waals surface area contributed by atoms with E-state index in [1.807, 2.05) is 6.20 Å². The van der Waals surface area contributed by atoms with Gasteiger partial charge in [-0.1, -0.05) is 13.3 Å². The molecular weight excluding hydrogens is 178 g/mol. The summed E-state index contributed by atoms with van der Waals surface area (Å²) in [6.07, 6.45) is 7.14. The summed E-state index contributed by atoms with van der Waals surface area (Å²) < 4.78 is 4.53. The van der Waals surface area contributed by atoms with E-state index in [-0.39, 0.29) is 5.97 Å². The summed E-state index contributed by atoms with van der Waals surface area (Å²) in [7, 11) is 1.40. The topological polar surface area (TPSA) is 29.5 Å². The maximum absolute atomic E-state index is 10.8. The molecule has 0 saturated carbocycles. The number of ether oxygens (including phenoxy) is 1. The molecule has 0 aliphatic carbocycles. The van der Waals surface area contributed by atoms with Crippen LogP contribution in [-0.4, -0.2) is 31.1 Å². The minimum absolute atomic E-state index is 0.274. The van der Waals surface area contributed by atoms with Crippen molar-refractivity contribution >= 4 is 5.97 Å². The highest BCUT2D eigenvalue weighted by Crippen LogP contribution is 2.20. The van der Waals surface area contributed by atoms with Crippen LogP contribution in [0.15, 0.2) is 12.3 Å². The summed E-state index contributed by atoms with van der Waals surface area (Å²) >= 11 is 0. The van der Waals surface area contributed by atoms with Crippen LogP contribution in [0.25, 0.3) is 0 Å². The van der Waals surface area contributed by atoms with E-state index in [2.05, 4.69) is 16.6 Å². The molecule has 14 heavy (non-hydrogen) atoms. The number of carbonyl (C=O) groups excluding carboxylic acids is 1. The van der Waals surface area contributed by atoms with Crippen LogP contribution in [0.5, 0.6) is 0 Å². The summed E-state index contributed by atoms with van der Waals surface area (Å²) in [4.78, 5) is 13.0. The van der Waals surface area contributed by atoms with Gasteiger partial charge >= 0.3 is 5.97 Å². The molecule has 80 valence electrons. The van der Waals surface area contributed by atoms with E-state index >= 15 is 0 Å². The summed E-state index contributed by atoms with van der Waals surface area (Å²) in [5.74, 6) is 0.534. The van der Waals surface area contributed by atoms with Crippen molar-refractivity contribution in [3.05, 3.63) is 12.3 Å². The maximum Gasteiger partial charge on any atom is 0.331 e. The second-order valence-corrected chi connectivity index (χ2v) is 3.78. The Kier molecular flexibility index (Phi) is 4.50. The number of carbonyl (C=O) groups is 1. The molecule has 1 saturated heterocycles. The van der Waals surface area contributed by atoms with Crippen molar-refractivity contribution in [3.8, 4) is 0 Å². The van der Waals surface area contributed by atoms with Gasteiger partial charge in [0.15, 0.2) is 0 Å². The molecular formula is C11H19NO2. The van der Waals surface area contributed by atoms with Crippen molar-refractivity contribution < 1.29 is 9.53 Å². The number of esters is 1. The fraction of sp³-hybridized carbons (Fsp3) is 0.727. The van der Waals surface area contributed by atoms with Gasteiger partial charge in [0.2, 0.25) is 0 Å². The monoisotopic (exact) mass is 197 g/mol. The smallest absolute Gasteiger partial charge is 0.331 e. The lowest BCUT2D eigenvalue weighted by molar-refractivity contribution is -0.134. The lowest BCUT2D eigenvalue weighted by Gasteiger charge is -2.12. The summed E-state index contributed by atoms with van der Waals surface area (Å²) in [6.45, 7) is 4.37. The van der Waals surface area contributed by atoms with Gasteiger partial charge in [0.25, 0.3) is 0 Å². The Morgan fingerprint density at radius 3 is 3.07 bits per heavy atom. The number of methoxy groups -OCH3 is 1. The zero-order valence-corrected chi connectivity index (χ0v) is 9.03. The van der Waals surface area contributed by atoms with Gasteiger partial charge in [-0.3, -0.25) is 0 Å². The molecule has 1 unspecified atom stereocenters. The van der Waals surface area contributed by atoms with Crippen molar-refractivity contribution in [1.82, 2.24) is 4.90 Å². The van der Waals surface area contributed by atoms with E-state index < -0.39 is 0 Å². The van der Waals surface area contributed by atoms with E-state index in [0.29, 0.717) is 0 Å². The lowest BCUT2D eigenvalue weighted by Crippen LogP contribution is -2.14. The molecule has 3 heteroatoms. The molecule has 1 rings (SSSR count). The van der Waals surface area contributed by atoms with Crippen molar-refractivity contribution in [1.29, 1.82) is 0 Å². The molecule has 3 nitrogen and oxygen atoms in total. The second-order valence-electron chi connectivity index (χ2n) is 3.78. The highest BCUT2D eigenvalue weighted by molar-refractivity contribution is 5.81. The predicted octanol–water partition coefficient (Wildman–Crippen LogP) is 1.80. The molecule has 0 aromatic rings. The summed E-state index contributed by atoms with van der Waals surface area (Å²) in [5, 5.41) is 0. The van der Waals surface area contributed by atoms with E-state index in [1.165, 1.54) is 32.4 Å². The van der Waals surface area contributed by atoms with E-state index in [9.17, 15) is 4.79 Å². The first-order valence-corrected chi connectivity index (χ1v) is 5.26. The van der Waals surface area contributed by atoms with Crippen LogP contribution in [0.2, 0.25) is 0 Å². The highest BCUT2D eigenvalue weighted by Gasteiger charge is 2.18. The van der Waals surface area contributed by atoms with Gasteiger partial charge in [-0.15, -0.1) is 0 Å². The quantitative estimate of drug-likeness (QED) is 0.508. The first-order valence-electron chi connectivity index (χ1n) is 5.26. The number of likely N-dealkylation sites (tertiary alicyclic amines) is 1. The third kappa shape index (κ3) is 3.40. The number of hydrogen-bond donors (Lipinski definition) is 0. The average Bonchev–Trinajstić information content (AvgIpc) is 2.63. The average molecular weight is 197 g/mol. The first-order chi connectivity index (χ1) is 6.76. The molecule has 0 radical (unpaired) electrons. The maximum atomic E-state index is 10.8. The summed E-state index contributed by atoms with van der Waals surface area (Å²) in [5.41, 5.74) is 0. The number of rotatable bonds is 4. The lowest BCUT2D eigenvalue weighted by atomic mass is 10.0. The Hall–Kier alpha value is -0.990. The van der Waals surface area contributed by atoms with Gasteiger partial charge in [0.05, 0.1) is 7.11 Å². The van der Waals surface area contributed by atoms with Gasteiger partial charge in [-0.2, -0.15) is 0 Å². The van der Waals surface area contributed by atoms with Crippen molar-refractivity contribution in [3.63, 3.8) is 0 Å². The van der Waals surface area contributed by atoms with Gasteiger partial charge < -0.3 is 9.64 Å². The van der Waals surface area contributed by atoms with Crippen LogP contribution in [0.1, 0.15) is 26.2 Å². The van der Waals surface area contributed by atoms with Crippen LogP contribution >= 0.6 is 0 Å². The van der Waals surface area contributed by atoms with E-state index in [1.54, 1.807) is 0 Å². The Morgan fingerprint density at radius 2 is 2.43 bits per heavy atom. The minimum Gasteiger partial charge on any atom is -0.466 e. The Bertz CT molecular complexity index is 213. The van der Waals surface area contributed by atoms with Crippen LogP contribution < -0.4 is 0 Å². The molecule has 1 aliphatic heterocycles. The Labute approximate surface area is 85.7 Å². The van der Waals surface area contributed by atoms with Gasteiger partial charge in [0.1, 0.15) is 0 Å². The van der Waals surface area contributed by atoms with Crippen molar-refractivity contribution in [2.45, 2.75) is 26.2 Å². The van der Waals surface area contributed by atoms with Crippen LogP contribution in [0.3, 0.4) is 0 Å². The van der Waals surface area contributed by atoms with Crippen LogP contribution in [0, 0.1) is 5.92 Å². The number of hydrogen-bond acceptors (Lipinski definition) is 3. The van der Waals surface area contributed by atoms with Crippen molar-refractivity contribution in [2.75, 3.05) is 20.2 Å². The normalized spacial score (nSPS) is 21.9. The third-order valence-electron chi connectivity index (χ3n) is 2.64. The molecule has 0 N–H and O–H groups in total. The third-order valence-corrected chi connectivity index (χ3v) is 2.64. The second kappa shape index (κ2) is 5.68. The molecule has 1 aliphatic rings. The molecule has 0 amide bonds. The largest absolute Gasteiger partial charge is 0.466 e. The zero-order valence-electron chi connectivity index (χ0n) is 9.03. The standard InChI is InChI=1S/C11H19NO2/c1-3-4-10-5-7-12(9-10)8-6-11(13)14-2/h6,8,10H,3-5,7,9H2,1-2H3/b8-6+. The SMILES string of the molecule is CCCC1CCN(/C=C/C(=O)OC)C1. The first kappa shape index (κ1) is 11.1. The minimum atomic E-state index is -0.274. The van der Waals surface area contributed by atoms with Crippen LogP contribution in [-0.2, 0) is 9.53 Å². The van der Waals surface area contributed by atoms with E-state index in [0.717, 1.165) is 19.0 Å². The Balaban J connectivity index is 2.28. The molecule has 1 fully saturated rings. The fourth-order valence-corrected chi connectivity index (χ4v) is 1.88. The molecule has 1 heterocycles. The van der Waals surface area contributed by atoms with Gasteiger partial charge in [-0.25, -0.2) is 4.79 Å². The molecule has 0 bridgehead atoms. The van der Waals surface area contributed by atoms with E-state index in [4.69, 9.17) is 0 Å². The Morgan fingerprint density at radius 1 is 1.64 bits per heavy atom. The fourth-order valence-electron chi connectivity index (χ4n) is 1.88. The highest BCUT2D eigenvalue weighted by atomic mass is 16.5. The number of nitrogens with zero attached hydrogens (tertiary/aromatic N) is 1. The zero-order chi connectivity index (χ0) is 10.4. The van der Waals surface area contributed by atoms with Crippen molar-refractivity contribution in [2.24, 2.45) is 5.92 Å². The van der Waals surface area contributed by atoms with Gasteiger partial charge in [-0.05, 0) is 18.8 Å². The summed E-state index contributed by atoms with van der Waals surface area (Å²) in [6, 6.07) is 0. The van der Waals surface area contributed by atoms with Gasteiger partial charge in [0, 0.05) is 25.4 Å². The molecule has 0 aromatic heterocycles. The van der Waals surface area contributed by atoms with Crippen LogP contribution in [0.4, 0.5) is 0 Å².